The molecule has 0 bridgehead atoms. The molecule has 0 amide bonds. The van der Waals surface area contributed by atoms with E-state index in [1.807, 2.05) is 0 Å². The monoisotopic (exact) mass is 209 g/mol. The van der Waals surface area contributed by atoms with E-state index in [9.17, 15) is 0 Å². The number of hydrogen-bond donors (Lipinski definition) is 1. The highest BCUT2D eigenvalue weighted by molar-refractivity contribution is 5.81. The highest BCUT2D eigenvalue weighted by Gasteiger charge is 2.43. The van der Waals surface area contributed by atoms with E-state index in [0.717, 1.165) is 25.3 Å². The van der Waals surface area contributed by atoms with Gasteiger partial charge in [-0.15, -0.1) is 0 Å². The highest BCUT2D eigenvalue weighted by atomic mass is 15.4. The Morgan fingerprint density at radius 3 is 2.47 bits per heavy atom. The average molecular weight is 209 g/mol. The molecule has 1 heterocycles. The molecule has 15 heavy (non-hydrogen) atoms. The Balaban J connectivity index is 2.20. The topological polar surface area (TPSA) is 41.6 Å². The van der Waals surface area contributed by atoms with Crippen molar-refractivity contribution in [2.75, 3.05) is 6.54 Å². The van der Waals surface area contributed by atoms with Crippen molar-refractivity contribution in [3.8, 4) is 0 Å². The van der Waals surface area contributed by atoms with Gasteiger partial charge in [-0.2, -0.15) is 0 Å². The molecule has 0 aromatic rings. The number of hydrogen-bond acceptors (Lipinski definition) is 3. The number of nitrogens with zero attached hydrogens (tertiary/aromatic N) is 2. The van der Waals surface area contributed by atoms with Crippen LogP contribution in [-0.4, -0.2) is 29.0 Å². The quantitative estimate of drug-likeness (QED) is 0.773. The van der Waals surface area contributed by atoms with Crippen molar-refractivity contribution in [3.05, 3.63) is 0 Å². The second-order valence-electron chi connectivity index (χ2n) is 4.91. The Morgan fingerprint density at radius 1 is 1.33 bits per heavy atom. The Labute approximate surface area is 92.7 Å². The highest BCUT2D eigenvalue weighted by Crippen LogP contribution is 2.36. The van der Waals surface area contributed by atoms with Crippen LogP contribution in [0.15, 0.2) is 4.99 Å². The molecule has 1 aliphatic heterocycles. The fourth-order valence-electron chi connectivity index (χ4n) is 3.17. The zero-order valence-corrected chi connectivity index (χ0v) is 10.00. The van der Waals surface area contributed by atoms with Crippen molar-refractivity contribution in [3.63, 3.8) is 0 Å². The smallest absolute Gasteiger partial charge is 0.192 e. The maximum Gasteiger partial charge on any atom is 0.192 e. The van der Waals surface area contributed by atoms with E-state index in [1.54, 1.807) is 0 Å². The van der Waals surface area contributed by atoms with Crippen LogP contribution in [-0.2, 0) is 0 Å². The van der Waals surface area contributed by atoms with Crippen LogP contribution in [0.1, 0.15) is 52.4 Å². The summed E-state index contributed by atoms with van der Waals surface area (Å²) >= 11 is 0. The van der Waals surface area contributed by atoms with Crippen molar-refractivity contribution in [2.45, 2.75) is 64.0 Å². The van der Waals surface area contributed by atoms with Gasteiger partial charge in [0.1, 0.15) is 0 Å². The molecule has 1 saturated carbocycles. The van der Waals surface area contributed by atoms with Crippen molar-refractivity contribution in [1.29, 1.82) is 0 Å². The second kappa shape index (κ2) is 4.03. The summed E-state index contributed by atoms with van der Waals surface area (Å²) in [4.78, 5) is 6.92. The Hall–Kier alpha value is -0.730. The molecule has 86 valence electrons. The van der Waals surface area contributed by atoms with E-state index >= 15 is 0 Å². The molecule has 0 spiro atoms. The van der Waals surface area contributed by atoms with E-state index in [2.05, 4.69) is 23.7 Å². The van der Waals surface area contributed by atoms with E-state index in [0.29, 0.717) is 6.04 Å². The van der Waals surface area contributed by atoms with Gasteiger partial charge in [-0.25, -0.2) is 0 Å². The number of rotatable bonds is 3. The molecular weight excluding hydrogens is 186 g/mol. The summed E-state index contributed by atoms with van der Waals surface area (Å²) in [6, 6.07) is 0.663. The molecule has 0 aromatic carbocycles. The summed E-state index contributed by atoms with van der Waals surface area (Å²) in [5, 5.41) is 0. The number of guanidine groups is 1. The maximum atomic E-state index is 6.06. The first kappa shape index (κ1) is 10.8. The summed E-state index contributed by atoms with van der Waals surface area (Å²) in [5.74, 6) is 0.797. The summed E-state index contributed by atoms with van der Waals surface area (Å²) in [7, 11) is 0. The van der Waals surface area contributed by atoms with Crippen molar-refractivity contribution in [2.24, 2.45) is 10.7 Å². The van der Waals surface area contributed by atoms with Crippen LogP contribution in [0, 0.1) is 0 Å². The standard InChI is InChI=1S/C12H23N3/c1-3-12(4-2)9-14-11(13)15(12)10-7-5-6-8-10/h10H,3-9H2,1-2H3,(H2,13,14). The van der Waals surface area contributed by atoms with Crippen molar-refractivity contribution < 1.29 is 0 Å². The minimum Gasteiger partial charge on any atom is -0.370 e. The fourth-order valence-corrected chi connectivity index (χ4v) is 3.17. The normalized spacial score (nSPS) is 26.0. The van der Waals surface area contributed by atoms with Crippen LogP contribution in [0.25, 0.3) is 0 Å². The molecule has 0 unspecified atom stereocenters. The summed E-state index contributed by atoms with van der Waals surface area (Å²) < 4.78 is 0. The van der Waals surface area contributed by atoms with E-state index < -0.39 is 0 Å². The minimum atomic E-state index is 0.235. The lowest BCUT2D eigenvalue weighted by Gasteiger charge is -2.42. The van der Waals surface area contributed by atoms with E-state index in [4.69, 9.17) is 5.73 Å². The molecule has 2 rings (SSSR count). The van der Waals surface area contributed by atoms with Gasteiger partial charge in [0.25, 0.3) is 0 Å². The summed E-state index contributed by atoms with van der Waals surface area (Å²) in [6.45, 7) is 5.43. The first-order chi connectivity index (χ1) is 7.23. The molecule has 1 aliphatic carbocycles. The largest absolute Gasteiger partial charge is 0.370 e. The zero-order chi connectivity index (χ0) is 10.9. The van der Waals surface area contributed by atoms with Gasteiger partial charge in [-0.05, 0) is 25.7 Å². The van der Waals surface area contributed by atoms with Gasteiger partial charge in [-0.3, -0.25) is 4.99 Å². The molecule has 1 fully saturated rings. The maximum absolute atomic E-state index is 6.06. The Morgan fingerprint density at radius 2 is 1.93 bits per heavy atom. The van der Waals surface area contributed by atoms with Crippen LogP contribution >= 0.6 is 0 Å². The molecule has 0 radical (unpaired) electrons. The van der Waals surface area contributed by atoms with Crippen molar-refractivity contribution >= 4 is 5.96 Å². The number of nitrogens with two attached hydrogens (primary N) is 1. The third-order valence-corrected chi connectivity index (χ3v) is 4.30. The SMILES string of the molecule is CCC1(CC)CN=C(N)N1C1CCCC1. The first-order valence-corrected chi connectivity index (χ1v) is 6.33. The fraction of sp³-hybridized carbons (Fsp3) is 0.917. The second-order valence-corrected chi connectivity index (χ2v) is 4.91. The lowest BCUT2D eigenvalue weighted by molar-refractivity contribution is 0.138. The Kier molecular flexibility index (Phi) is 2.89. The minimum absolute atomic E-state index is 0.235. The van der Waals surface area contributed by atoms with Gasteiger partial charge in [0.2, 0.25) is 0 Å². The third-order valence-electron chi connectivity index (χ3n) is 4.30. The van der Waals surface area contributed by atoms with Crippen LogP contribution in [0.2, 0.25) is 0 Å². The average Bonchev–Trinajstić information content (AvgIpc) is 2.85. The molecule has 0 atom stereocenters. The predicted molar refractivity (Wildman–Crippen MR) is 63.9 cm³/mol. The van der Waals surface area contributed by atoms with Gasteiger partial charge in [0.15, 0.2) is 5.96 Å². The predicted octanol–water partition coefficient (Wildman–Crippen LogP) is 2.12. The molecule has 3 nitrogen and oxygen atoms in total. The van der Waals surface area contributed by atoms with Gasteiger partial charge in [-0.1, -0.05) is 26.7 Å². The third kappa shape index (κ3) is 1.62. The molecule has 2 N–H and O–H groups in total. The number of aliphatic imine (C=N–C) groups is 1. The molecule has 2 aliphatic rings. The Bertz CT molecular complexity index is 250. The molecule has 0 aromatic heterocycles. The van der Waals surface area contributed by atoms with Gasteiger partial charge in [0, 0.05) is 6.04 Å². The van der Waals surface area contributed by atoms with Gasteiger partial charge in [0.05, 0.1) is 12.1 Å². The van der Waals surface area contributed by atoms with Crippen LogP contribution in [0.5, 0.6) is 0 Å². The lowest BCUT2D eigenvalue weighted by atomic mass is 9.90. The summed E-state index contributed by atoms with van der Waals surface area (Å²) in [6.07, 6.45) is 7.64. The first-order valence-electron chi connectivity index (χ1n) is 6.33. The molecule has 3 heteroatoms. The van der Waals surface area contributed by atoms with Crippen LogP contribution in [0.3, 0.4) is 0 Å². The van der Waals surface area contributed by atoms with Gasteiger partial charge >= 0.3 is 0 Å². The van der Waals surface area contributed by atoms with Gasteiger partial charge < -0.3 is 10.6 Å². The molecule has 0 saturated heterocycles. The van der Waals surface area contributed by atoms with E-state index in [-0.39, 0.29) is 5.54 Å². The zero-order valence-electron chi connectivity index (χ0n) is 10.00. The van der Waals surface area contributed by atoms with E-state index in [1.165, 1.54) is 25.7 Å². The molecular formula is C12H23N3. The van der Waals surface area contributed by atoms with Crippen molar-refractivity contribution in [1.82, 2.24) is 4.90 Å². The lowest BCUT2D eigenvalue weighted by Crippen LogP contribution is -2.55. The van der Waals surface area contributed by atoms with Crippen LogP contribution < -0.4 is 5.73 Å². The van der Waals surface area contributed by atoms with Crippen LogP contribution in [0.4, 0.5) is 0 Å². The summed E-state index contributed by atoms with van der Waals surface area (Å²) in [5.41, 5.74) is 6.30.